The summed E-state index contributed by atoms with van der Waals surface area (Å²) in [5.41, 5.74) is 5.33. The van der Waals surface area contributed by atoms with Crippen molar-refractivity contribution in [1.82, 2.24) is 0 Å². The molecule has 9 nitrogen and oxygen atoms in total. The first-order chi connectivity index (χ1) is 25.8. The first-order valence-electron chi connectivity index (χ1n) is 19.7. The zero-order valence-electron chi connectivity index (χ0n) is 32.7. The Morgan fingerprint density at radius 2 is 1.00 bits per heavy atom. The summed E-state index contributed by atoms with van der Waals surface area (Å²) in [6.07, 6.45) is 48.7. The lowest BCUT2D eigenvalue weighted by Crippen LogP contribution is -2.29. The van der Waals surface area contributed by atoms with Gasteiger partial charge in [-0.25, -0.2) is 4.57 Å². The van der Waals surface area contributed by atoms with Gasteiger partial charge in [0.1, 0.15) is 6.61 Å². The highest BCUT2D eigenvalue weighted by molar-refractivity contribution is 7.47. The van der Waals surface area contributed by atoms with E-state index in [4.69, 9.17) is 24.3 Å². The number of carbonyl (C=O) groups excluding carboxylic acids is 2. The standard InChI is InChI=1S/C43H70NO8P/c1-3-5-7-9-11-13-15-17-19-20-22-24-26-28-30-32-34-36-43(46)52-41(40-51-53(47,48)50-38-37-44)39-49-42(45)35-33-31-29-27-25-23-21-18-16-14-12-10-8-6-4-2/h5-8,11-14,17-19,21-22,24,28,30,41H,3-4,9-10,15-16,20,23,25-27,29,31-40,44H2,1-2H3,(H,47,48)/b7-5-,8-6-,13-11-,14-12-,19-17-,21-18-,24-22-,30-28-. The number of unbranched alkanes of at least 4 members (excludes halogenated alkanes) is 6. The molecule has 0 aromatic rings. The Bertz CT molecular complexity index is 1180. The number of allylic oxidation sites excluding steroid dienone is 16. The number of nitrogens with two attached hydrogens (primary N) is 1. The minimum atomic E-state index is -4.40. The Balaban J connectivity index is 4.36. The van der Waals surface area contributed by atoms with E-state index in [9.17, 15) is 19.0 Å². The molecule has 0 amide bonds. The van der Waals surface area contributed by atoms with Crippen LogP contribution in [-0.4, -0.2) is 49.3 Å². The van der Waals surface area contributed by atoms with Gasteiger partial charge in [-0.3, -0.25) is 18.6 Å². The van der Waals surface area contributed by atoms with E-state index in [-0.39, 0.29) is 32.6 Å². The molecule has 2 atom stereocenters. The van der Waals surface area contributed by atoms with Crippen molar-refractivity contribution in [2.24, 2.45) is 5.73 Å². The van der Waals surface area contributed by atoms with Crippen LogP contribution in [0, 0.1) is 0 Å². The van der Waals surface area contributed by atoms with Crippen molar-refractivity contribution in [1.29, 1.82) is 0 Å². The highest BCUT2D eigenvalue weighted by Gasteiger charge is 2.25. The van der Waals surface area contributed by atoms with Gasteiger partial charge in [0.05, 0.1) is 13.2 Å². The number of hydrogen-bond donors (Lipinski definition) is 2. The fraction of sp³-hybridized carbons (Fsp3) is 0.581. The molecule has 0 heterocycles. The average molecular weight is 760 g/mol. The predicted molar refractivity (Wildman–Crippen MR) is 219 cm³/mol. The lowest BCUT2D eigenvalue weighted by molar-refractivity contribution is -0.161. The fourth-order valence-electron chi connectivity index (χ4n) is 4.62. The van der Waals surface area contributed by atoms with Crippen LogP contribution in [0.5, 0.6) is 0 Å². The van der Waals surface area contributed by atoms with E-state index in [1.807, 2.05) is 6.08 Å². The highest BCUT2D eigenvalue weighted by atomic mass is 31.2. The van der Waals surface area contributed by atoms with Gasteiger partial charge >= 0.3 is 19.8 Å². The van der Waals surface area contributed by atoms with Gasteiger partial charge in [0.25, 0.3) is 0 Å². The zero-order valence-corrected chi connectivity index (χ0v) is 33.6. The third kappa shape index (κ3) is 38.5. The number of esters is 2. The quantitative estimate of drug-likeness (QED) is 0.0280. The molecule has 0 spiro atoms. The Morgan fingerprint density at radius 3 is 1.51 bits per heavy atom. The summed E-state index contributed by atoms with van der Waals surface area (Å²) in [4.78, 5) is 34.8. The van der Waals surface area contributed by atoms with E-state index in [1.165, 1.54) is 0 Å². The molecule has 300 valence electrons. The van der Waals surface area contributed by atoms with Crippen molar-refractivity contribution in [2.45, 2.75) is 136 Å². The third-order valence-electron chi connectivity index (χ3n) is 7.47. The SMILES string of the molecule is CC/C=C\C/C=C\C/C=C\C/C=C\C/C=C\CCCC(=O)OC(COC(=O)CCCCCCC/C=C\C/C=C\C/C=C\CC)COP(=O)(O)OCCN. The second kappa shape index (κ2) is 38.6. The maximum absolute atomic E-state index is 12.5. The van der Waals surface area contributed by atoms with Crippen molar-refractivity contribution in [3.05, 3.63) is 97.2 Å². The molecule has 0 aliphatic carbocycles. The van der Waals surface area contributed by atoms with E-state index >= 15 is 0 Å². The van der Waals surface area contributed by atoms with Crippen molar-refractivity contribution in [3.8, 4) is 0 Å². The summed E-state index contributed by atoms with van der Waals surface area (Å²) in [7, 11) is -4.40. The molecule has 0 aliphatic heterocycles. The molecule has 0 aromatic heterocycles. The van der Waals surface area contributed by atoms with Crippen molar-refractivity contribution in [3.63, 3.8) is 0 Å². The number of carbonyl (C=O) groups is 2. The van der Waals surface area contributed by atoms with E-state index < -0.39 is 32.5 Å². The van der Waals surface area contributed by atoms with Gasteiger partial charge in [0.15, 0.2) is 6.10 Å². The topological polar surface area (TPSA) is 134 Å². The zero-order chi connectivity index (χ0) is 38.9. The van der Waals surface area contributed by atoms with E-state index in [2.05, 4.69) is 105 Å². The van der Waals surface area contributed by atoms with Crippen LogP contribution >= 0.6 is 7.82 Å². The van der Waals surface area contributed by atoms with Gasteiger partial charge in [0, 0.05) is 19.4 Å². The molecule has 0 bridgehead atoms. The Kier molecular flexibility index (Phi) is 36.4. The fourth-order valence-corrected chi connectivity index (χ4v) is 5.39. The van der Waals surface area contributed by atoms with Crippen LogP contribution in [-0.2, 0) is 32.7 Å². The molecule has 53 heavy (non-hydrogen) atoms. The number of phosphoric ester groups is 1. The molecule has 3 N–H and O–H groups in total. The lowest BCUT2D eigenvalue weighted by Gasteiger charge is -2.19. The molecule has 0 fully saturated rings. The number of phosphoric acid groups is 1. The van der Waals surface area contributed by atoms with Crippen LogP contribution in [0.3, 0.4) is 0 Å². The summed E-state index contributed by atoms with van der Waals surface area (Å²) in [6, 6.07) is 0. The minimum Gasteiger partial charge on any atom is -0.462 e. The van der Waals surface area contributed by atoms with Crippen LogP contribution in [0.1, 0.15) is 129 Å². The monoisotopic (exact) mass is 759 g/mol. The maximum atomic E-state index is 12.5. The summed E-state index contributed by atoms with van der Waals surface area (Å²) >= 11 is 0. The second-order valence-corrected chi connectivity index (χ2v) is 13.8. The first kappa shape index (κ1) is 49.9. The van der Waals surface area contributed by atoms with Gasteiger partial charge in [-0.1, -0.05) is 130 Å². The molecule has 2 unspecified atom stereocenters. The summed E-state index contributed by atoms with van der Waals surface area (Å²) in [5, 5.41) is 0. The number of ether oxygens (including phenoxy) is 2. The number of rotatable bonds is 35. The molecule has 0 aromatic carbocycles. The normalized spacial score (nSPS) is 14.4. The van der Waals surface area contributed by atoms with Gasteiger partial charge in [0.2, 0.25) is 0 Å². The Labute approximate surface area is 321 Å². The van der Waals surface area contributed by atoms with Crippen LogP contribution in [0.4, 0.5) is 0 Å². The van der Waals surface area contributed by atoms with Gasteiger partial charge in [-0.15, -0.1) is 0 Å². The predicted octanol–water partition coefficient (Wildman–Crippen LogP) is 11.0. The Hall–Kier alpha value is -3.07. The molecular formula is C43H70NO8P. The average Bonchev–Trinajstić information content (AvgIpc) is 3.14. The van der Waals surface area contributed by atoms with E-state index in [0.717, 1.165) is 83.5 Å². The number of hydrogen-bond acceptors (Lipinski definition) is 8. The second-order valence-electron chi connectivity index (χ2n) is 12.4. The maximum Gasteiger partial charge on any atom is 0.472 e. The highest BCUT2D eigenvalue weighted by Crippen LogP contribution is 2.43. The largest absolute Gasteiger partial charge is 0.472 e. The molecule has 0 rings (SSSR count). The van der Waals surface area contributed by atoms with Crippen LogP contribution in [0.15, 0.2) is 97.2 Å². The first-order valence-corrected chi connectivity index (χ1v) is 21.2. The molecule has 0 aliphatic rings. The van der Waals surface area contributed by atoms with Crippen LogP contribution < -0.4 is 5.73 Å². The van der Waals surface area contributed by atoms with E-state index in [0.29, 0.717) is 19.3 Å². The molecular weight excluding hydrogens is 689 g/mol. The minimum absolute atomic E-state index is 0.0360. The van der Waals surface area contributed by atoms with Gasteiger partial charge < -0.3 is 20.1 Å². The van der Waals surface area contributed by atoms with Crippen molar-refractivity contribution >= 4 is 19.8 Å². The van der Waals surface area contributed by atoms with Gasteiger partial charge in [-0.05, 0) is 83.5 Å². The van der Waals surface area contributed by atoms with Crippen LogP contribution in [0.25, 0.3) is 0 Å². The Morgan fingerprint density at radius 1 is 0.566 bits per heavy atom. The third-order valence-corrected chi connectivity index (χ3v) is 8.45. The smallest absolute Gasteiger partial charge is 0.462 e. The molecule has 10 heteroatoms. The van der Waals surface area contributed by atoms with Gasteiger partial charge in [-0.2, -0.15) is 0 Å². The molecule has 0 radical (unpaired) electrons. The van der Waals surface area contributed by atoms with Crippen molar-refractivity contribution < 1.29 is 37.6 Å². The van der Waals surface area contributed by atoms with E-state index in [1.54, 1.807) is 0 Å². The summed E-state index contributed by atoms with van der Waals surface area (Å²) in [5.74, 6) is -0.930. The molecule has 0 saturated carbocycles. The lowest BCUT2D eigenvalue weighted by atomic mass is 10.1. The summed E-state index contributed by atoms with van der Waals surface area (Å²) < 4.78 is 32.6. The summed E-state index contributed by atoms with van der Waals surface area (Å²) in [6.45, 7) is 3.38. The van der Waals surface area contributed by atoms with Crippen molar-refractivity contribution in [2.75, 3.05) is 26.4 Å². The molecule has 0 saturated heterocycles. The van der Waals surface area contributed by atoms with Crippen LogP contribution in [0.2, 0.25) is 0 Å².